The van der Waals surface area contributed by atoms with E-state index in [0.29, 0.717) is 6.04 Å². The van der Waals surface area contributed by atoms with E-state index in [0.717, 1.165) is 19.5 Å². The first kappa shape index (κ1) is 9.97. The minimum Gasteiger partial charge on any atom is -0.481 e. The molecule has 1 atom stereocenters. The van der Waals surface area contributed by atoms with Crippen molar-refractivity contribution in [3.05, 3.63) is 0 Å². The quantitative estimate of drug-likeness (QED) is 0.730. The van der Waals surface area contributed by atoms with Crippen LogP contribution in [-0.2, 0) is 4.79 Å². The van der Waals surface area contributed by atoms with Gasteiger partial charge in [0.2, 0.25) is 0 Å². The second-order valence-corrected chi connectivity index (χ2v) is 5.36. The third kappa shape index (κ3) is 1.78. The molecule has 0 spiro atoms. The van der Waals surface area contributed by atoms with Gasteiger partial charge in [-0.05, 0) is 31.2 Å². The van der Waals surface area contributed by atoms with Gasteiger partial charge in [-0.15, -0.1) is 0 Å². The highest BCUT2D eigenvalue weighted by atomic mass is 16.4. The molecule has 1 heterocycles. The van der Waals surface area contributed by atoms with Crippen LogP contribution in [-0.4, -0.2) is 35.1 Å². The Balaban J connectivity index is 2.05. The molecule has 0 aromatic heterocycles. The molecule has 3 nitrogen and oxygen atoms in total. The van der Waals surface area contributed by atoms with Crippen molar-refractivity contribution < 1.29 is 9.90 Å². The number of aliphatic carboxylic acids is 1. The van der Waals surface area contributed by atoms with Crippen molar-refractivity contribution in [3.63, 3.8) is 0 Å². The van der Waals surface area contributed by atoms with Crippen LogP contribution in [0.15, 0.2) is 0 Å². The van der Waals surface area contributed by atoms with Gasteiger partial charge < -0.3 is 5.11 Å². The average molecular weight is 197 g/mol. The molecule has 2 aliphatic rings. The monoisotopic (exact) mass is 197 g/mol. The molecule has 1 unspecified atom stereocenters. The Hall–Kier alpha value is -0.570. The molecule has 1 saturated carbocycles. The SMILES string of the molecule is CC1(C)CCN(C2CC2)CC1C(=O)O. The number of hydrogen-bond donors (Lipinski definition) is 1. The lowest BCUT2D eigenvalue weighted by Crippen LogP contribution is -2.48. The van der Waals surface area contributed by atoms with Crippen molar-refractivity contribution in [1.29, 1.82) is 0 Å². The van der Waals surface area contributed by atoms with Crippen LogP contribution >= 0.6 is 0 Å². The lowest BCUT2D eigenvalue weighted by Gasteiger charge is -2.41. The van der Waals surface area contributed by atoms with Gasteiger partial charge in [-0.2, -0.15) is 0 Å². The zero-order chi connectivity index (χ0) is 10.3. The minimum atomic E-state index is -0.625. The first-order chi connectivity index (χ1) is 6.50. The Morgan fingerprint density at radius 1 is 1.43 bits per heavy atom. The van der Waals surface area contributed by atoms with Gasteiger partial charge in [0.15, 0.2) is 0 Å². The normalized spacial score (nSPS) is 32.9. The van der Waals surface area contributed by atoms with Gasteiger partial charge >= 0.3 is 5.97 Å². The third-order valence-corrected chi connectivity index (χ3v) is 3.77. The van der Waals surface area contributed by atoms with Gasteiger partial charge in [0.1, 0.15) is 0 Å². The van der Waals surface area contributed by atoms with Crippen LogP contribution in [0.5, 0.6) is 0 Å². The second-order valence-electron chi connectivity index (χ2n) is 5.36. The summed E-state index contributed by atoms with van der Waals surface area (Å²) in [6.45, 7) is 6.00. The van der Waals surface area contributed by atoms with E-state index in [9.17, 15) is 4.79 Å². The summed E-state index contributed by atoms with van der Waals surface area (Å²) in [6.07, 6.45) is 3.56. The van der Waals surface area contributed by atoms with Crippen LogP contribution in [0, 0.1) is 11.3 Å². The summed E-state index contributed by atoms with van der Waals surface area (Å²) in [5, 5.41) is 9.17. The van der Waals surface area contributed by atoms with Gasteiger partial charge in [-0.25, -0.2) is 0 Å². The van der Waals surface area contributed by atoms with Gasteiger partial charge in [0.05, 0.1) is 5.92 Å². The van der Waals surface area contributed by atoms with Crippen molar-refractivity contribution >= 4 is 5.97 Å². The zero-order valence-electron chi connectivity index (χ0n) is 8.99. The van der Waals surface area contributed by atoms with Crippen molar-refractivity contribution in [2.75, 3.05) is 13.1 Å². The summed E-state index contributed by atoms with van der Waals surface area (Å²) in [7, 11) is 0. The minimum absolute atomic E-state index is 0.0305. The van der Waals surface area contributed by atoms with Crippen LogP contribution in [0.25, 0.3) is 0 Å². The van der Waals surface area contributed by atoms with E-state index >= 15 is 0 Å². The molecule has 0 aromatic carbocycles. The summed E-state index contributed by atoms with van der Waals surface area (Å²) >= 11 is 0. The highest BCUT2D eigenvalue weighted by molar-refractivity contribution is 5.71. The van der Waals surface area contributed by atoms with Crippen LogP contribution in [0.1, 0.15) is 33.1 Å². The lowest BCUT2D eigenvalue weighted by molar-refractivity contribution is -0.149. The van der Waals surface area contributed by atoms with Crippen LogP contribution in [0.4, 0.5) is 0 Å². The van der Waals surface area contributed by atoms with Crippen LogP contribution < -0.4 is 0 Å². The van der Waals surface area contributed by atoms with Gasteiger partial charge in [-0.1, -0.05) is 13.8 Å². The number of piperidine rings is 1. The number of hydrogen-bond acceptors (Lipinski definition) is 2. The first-order valence-corrected chi connectivity index (χ1v) is 5.47. The molecule has 3 heteroatoms. The molecule has 1 N–H and O–H groups in total. The van der Waals surface area contributed by atoms with E-state index in [1.165, 1.54) is 12.8 Å². The Morgan fingerprint density at radius 3 is 2.57 bits per heavy atom. The summed E-state index contributed by atoms with van der Waals surface area (Å²) in [4.78, 5) is 13.5. The highest BCUT2D eigenvalue weighted by Crippen LogP contribution is 2.39. The fourth-order valence-corrected chi connectivity index (χ4v) is 2.36. The predicted molar refractivity (Wildman–Crippen MR) is 54.1 cm³/mol. The Morgan fingerprint density at radius 2 is 2.07 bits per heavy atom. The van der Waals surface area contributed by atoms with E-state index in [1.807, 2.05) is 0 Å². The average Bonchev–Trinajstić information content (AvgIpc) is 2.86. The van der Waals surface area contributed by atoms with Gasteiger partial charge in [0.25, 0.3) is 0 Å². The molecule has 0 radical (unpaired) electrons. The maximum atomic E-state index is 11.1. The van der Waals surface area contributed by atoms with Gasteiger partial charge in [-0.3, -0.25) is 9.69 Å². The standard InChI is InChI=1S/C11H19NO2/c1-11(2)5-6-12(8-3-4-8)7-9(11)10(13)14/h8-9H,3-7H2,1-2H3,(H,13,14). The van der Waals surface area contributed by atoms with E-state index < -0.39 is 5.97 Å². The molecule has 1 aliphatic heterocycles. The lowest BCUT2D eigenvalue weighted by atomic mass is 9.73. The number of carboxylic acid groups (broad SMARTS) is 1. The first-order valence-electron chi connectivity index (χ1n) is 5.47. The van der Waals surface area contributed by atoms with Crippen molar-refractivity contribution in [2.24, 2.45) is 11.3 Å². The maximum Gasteiger partial charge on any atom is 0.308 e. The molecule has 2 rings (SSSR count). The number of likely N-dealkylation sites (tertiary alicyclic amines) is 1. The molecular formula is C11H19NO2. The summed E-state index contributed by atoms with van der Waals surface area (Å²) in [5.41, 5.74) is -0.0305. The van der Waals surface area contributed by atoms with E-state index in [-0.39, 0.29) is 11.3 Å². The Labute approximate surface area is 85.1 Å². The Kier molecular flexibility index (Phi) is 2.30. The number of rotatable bonds is 2. The van der Waals surface area contributed by atoms with E-state index in [1.54, 1.807) is 0 Å². The number of carboxylic acids is 1. The van der Waals surface area contributed by atoms with Crippen molar-refractivity contribution in [2.45, 2.75) is 39.2 Å². The van der Waals surface area contributed by atoms with Crippen molar-refractivity contribution in [3.8, 4) is 0 Å². The largest absolute Gasteiger partial charge is 0.481 e. The van der Waals surface area contributed by atoms with Crippen LogP contribution in [0.2, 0.25) is 0 Å². The number of carbonyl (C=O) groups is 1. The molecule has 0 aromatic rings. The number of nitrogens with zero attached hydrogens (tertiary/aromatic N) is 1. The zero-order valence-corrected chi connectivity index (χ0v) is 8.99. The highest BCUT2D eigenvalue weighted by Gasteiger charge is 2.43. The fourth-order valence-electron chi connectivity index (χ4n) is 2.36. The molecule has 80 valence electrons. The third-order valence-electron chi connectivity index (χ3n) is 3.77. The van der Waals surface area contributed by atoms with E-state index in [4.69, 9.17) is 5.11 Å². The molecule has 1 aliphatic carbocycles. The topological polar surface area (TPSA) is 40.5 Å². The Bertz CT molecular complexity index is 246. The summed E-state index contributed by atoms with van der Waals surface area (Å²) in [6, 6.07) is 0.702. The fraction of sp³-hybridized carbons (Fsp3) is 0.909. The molecule has 0 bridgehead atoms. The second kappa shape index (κ2) is 3.23. The van der Waals surface area contributed by atoms with Crippen molar-refractivity contribution in [1.82, 2.24) is 4.90 Å². The molecule has 14 heavy (non-hydrogen) atoms. The molecule has 1 saturated heterocycles. The predicted octanol–water partition coefficient (Wildman–Crippen LogP) is 1.58. The van der Waals surface area contributed by atoms with Crippen LogP contribution in [0.3, 0.4) is 0 Å². The maximum absolute atomic E-state index is 11.1. The smallest absolute Gasteiger partial charge is 0.308 e. The molecule has 0 amide bonds. The summed E-state index contributed by atoms with van der Waals surface area (Å²) < 4.78 is 0. The van der Waals surface area contributed by atoms with E-state index in [2.05, 4.69) is 18.7 Å². The molecular weight excluding hydrogens is 178 g/mol. The molecule has 2 fully saturated rings. The van der Waals surface area contributed by atoms with Gasteiger partial charge in [0, 0.05) is 12.6 Å². The summed E-state index contributed by atoms with van der Waals surface area (Å²) in [5.74, 6) is -0.808.